The summed E-state index contributed by atoms with van der Waals surface area (Å²) in [5.41, 5.74) is 1.38. The van der Waals surface area contributed by atoms with E-state index in [1.165, 1.54) is 24.9 Å². The van der Waals surface area contributed by atoms with Crippen LogP contribution in [0.15, 0.2) is 24.5 Å². The summed E-state index contributed by atoms with van der Waals surface area (Å²) in [5, 5.41) is 0. The molecule has 0 saturated carbocycles. The molecule has 2 heteroatoms. The van der Waals surface area contributed by atoms with Gasteiger partial charge >= 0.3 is 0 Å². The highest BCUT2D eigenvalue weighted by Crippen LogP contribution is 2.31. The van der Waals surface area contributed by atoms with Crippen LogP contribution in [0.4, 0.5) is 0 Å². The van der Waals surface area contributed by atoms with Crippen molar-refractivity contribution in [3.05, 3.63) is 30.1 Å². The first-order valence-electron chi connectivity index (χ1n) is 7.22. The SMILES string of the molecule is CC(C)C1CC(Cc2cccnc2)CN1C(C)C. The van der Waals surface area contributed by atoms with Crippen molar-refractivity contribution in [1.82, 2.24) is 9.88 Å². The quantitative estimate of drug-likeness (QED) is 0.809. The standard InChI is InChI=1S/C16H26N2/c1-12(2)16-9-15(11-18(16)13(3)4)8-14-6-5-7-17-10-14/h5-7,10,12-13,15-16H,8-9,11H2,1-4H3. The maximum Gasteiger partial charge on any atom is 0.0299 e. The van der Waals surface area contributed by atoms with E-state index in [-0.39, 0.29) is 0 Å². The number of rotatable bonds is 4. The van der Waals surface area contributed by atoms with Crippen molar-refractivity contribution in [2.45, 2.75) is 52.6 Å². The molecule has 2 heterocycles. The van der Waals surface area contributed by atoms with Crippen LogP contribution in [0.1, 0.15) is 39.7 Å². The smallest absolute Gasteiger partial charge is 0.0299 e. The maximum atomic E-state index is 4.22. The van der Waals surface area contributed by atoms with E-state index in [2.05, 4.69) is 43.6 Å². The second-order valence-corrected chi connectivity index (χ2v) is 6.27. The molecule has 0 aromatic carbocycles. The maximum absolute atomic E-state index is 4.22. The third kappa shape index (κ3) is 3.11. The molecule has 0 amide bonds. The third-order valence-electron chi connectivity index (χ3n) is 4.15. The zero-order valence-electron chi connectivity index (χ0n) is 12.1. The van der Waals surface area contributed by atoms with Gasteiger partial charge in [0, 0.05) is 31.0 Å². The number of aromatic nitrogens is 1. The van der Waals surface area contributed by atoms with Crippen molar-refractivity contribution in [3.63, 3.8) is 0 Å². The van der Waals surface area contributed by atoms with Crippen LogP contribution in [0.2, 0.25) is 0 Å². The number of hydrogen-bond donors (Lipinski definition) is 0. The summed E-state index contributed by atoms with van der Waals surface area (Å²) in [6.07, 6.45) is 6.39. The zero-order valence-corrected chi connectivity index (χ0v) is 12.1. The normalized spacial score (nSPS) is 25.2. The second kappa shape index (κ2) is 5.83. The van der Waals surface area contributed by atoms with Gasteiger partial charge in [0.15, 0.2) is 0 Å². The summed E-state index contributed by atoms with van der Waals surface area (Å²) < 4.78 is 0. The van der Waals surface area contributed by atoms with Gasteiger partial charge in [-0.15, -0.1) is 0 Å². The second-order valence-electron chi connectivity index (χ2n) is 6.27. The zero-order chi connectivity index (χ0) is 13.1. The highest BCUT2D eigenvalue weighted by molar-refractivity contribution is 5.10. The van der Waals surface area contributed by atoms with Crippen molar-refractivity contribution in [3.8, 4) is 0 Å². The lowest BCUT2D eigenvalue weighted by atomic mass is 9.93. The molecule has 1 aliphatic rings. The van der Waals surface area contributed by atoms with Gasteiger partial charge in [0.25, 0.3) is 0 Å². The Balaban J connectivity index is 2.00. The van der Waals surface area contributed by atoms with E-state index in [9.17, 15) is 0 Å². The van der Waals surface area contributed by atoms with E-state index >= 15 is 0 Å². The molecule has 2 rings (SSSR count). The molecule has 1 aliphatic heterocycles. The fourth-order valence-corrected chi connectivity index (χ4v) is 3.23. The first kappa shape index (κ1) is 13.5. The molecule has 0 radical (unpaired) electrons. The first-order chi connectivity index (χ1) is 8.58. The molecule has 2 atom stereocenters. The Morgan fingerprint density at radius 1 is 1.33 bits per heavy atom. The summed E-state index contributed by atoms with van der Waals surface area (Å²) in [6, 6.07) is 5.67. The Bertz CT molecular complexity index is 343. The molecule has 1 aromatic heterocycles. The first-order valence-corrected chi connectivity index (χ1v) is 7.22. The molecular formula is C16H26N2. The van der Waals surface area contributed by atoms with Gasteiger partial charge in [0.05, 0.1) is 0 Å². The predicted molar refractivity (Wildman–Crippen MR) is 76.5 cm³/mol. The molecule has 0 spiro atoms. The third-order valence-corrected chi connectivity index (χ3v) is 4.15. The van der Waals surface area contributed by atoms with Crippen LogP contribution in [-0.4, -0.2) is 28.5 Å². The van der Waals surface area contributed by atoms with Gasteiger partial charge in [-0.3, -0.25) is 9.88 Å². The van der Waals surface area contributed by atoms with Crippen molar-refractivity contribution in [2.75, 3.05) is 6.54 Å². The lowest BCUT2D eigenvalue weighted by Crippen LogP contribution is -2.38. The monoisotopic (exact) mass is 246 g/mol. The predicted octanol–water partition coefficient (Wildman–Crippen LogP) is 3.38. The molecule has 1 fully saturated rings. The van der Waals surface area contributed by atoms with Crippen molar-refractivity contribution < 1.29 is 0 Å². The Morgan fingerprint density at radius 3 is 2.61 bits per heavy atom. The molecule has 1 saturated heterocycles. The summed E-state index contributed by atoms with van der Waals surface area (Å²) >= 11 is 0. The van der Waals surface area contributed by atoms with Gasteiger partial charge in [-0.2, -0.15) is 0 Å². The molecular weight excluding hydrogens is 220 g/mol. The molecule has 2 unspecified atom stereocenters. The number of nitrogens with zero attached hydrogens (tertiary/aromatic N) is 2. The van der Waals surface area contributed by atoms with Crippen molar-refractivity contribution >= 4 is 0 Å². The Labute approximate surface area is 111 Å². The van der Waals surface area contributed by atoms with Crippen LogP contribution in [0, 0.1) is 11.8 Å². The number of pyridine rings is 1. The largest absolute Gasteiger partial charge is 0.297 e. The van der Waals surface area contributed by atoms with Crippen LogP contribution in [0.5, 0.6) is 0 Å². The van der Waals surface area contributed by atoms with Gasteiger partial charge in [0.1, 0.15) is 0 Å². The molecule has 0 N–H and O–H groups in total. The van der Waals surface area contributed by atoms with E-state index in [0.29, 0.717) is 6.04 Å². The van der Waals surface area contributed by atoms with E-state index < -0.39 is 0 Å². The average Bonchev–Trinajstić information content (AvgIpc) is 2.74. The summed E-state index contributed by atoms with van der Waals surface area (Å²) in [5.74, 6) is 1.55. The molecule has 0 aliphatic carbocycles. The van der Waals surface area contributed by atoms with Crippen LogP contribution >= 0.6 is 0 Å². The lowest BCUT2D eigenvalue weighted by Gasteiger charge is -2.30. The highest BCUT2D eigenvalue weighted by atomic mass is 15.2. The van der Waals surface area contributed by atoms with Crippen LogP contribution in [0.3, 0.4) is 0 Å². The minimum absolute atomic E-state index is 0.663. The van der Waals surface area contributed by atoms with Gasteiger partial charge in [-0.25, -0.2) is 0 Å². The van der Waals surface area contributed by atoms with E-state index in [1.54, 1.807) is 0 Å². The summed E-state index contributed by atoms with van der Waals surface area (Å²) in [7, 11) is 0. The van der Waals surface area contributed by atoms with E-state index in [4.69, 9.17) is 0 Å². The van der Waals surface area contributed by atoms with Crippen molar-refractivity contribution in [2.24, 2.45) is 11.8 Å². The minimum atomic E-state index is 0.663. The van der Waals surface area contributed by atoms with Gasteiger partial charge < -0.3 is 0 Å². The molecule has 2 nitrogen and oxygen atoms in total. The van der Waals surface area contributed by atoms with Crippen LogP contribution in [0.25, 0.3) is 0 Å². The average molecular weight is 246 g/mol. The molecule has 100 valence electrons. The lowest BCUT2D eigenvalue weighted by molar-refractivity contribution is 0.164. The fraction of sp³-hybridized carbons (Fsp3) is 0.688. The number of likely N-dealkylation sites (tertiary alicyclic amines) is 1. The minimum Gasteiger partial charge on any atom is -0.297 e. The highest BCUT2D eigenvalue weighted by Gasteiger charge is 2.34. The van der Waals surface area contributed by atoms with Crippen LogP contribution < -0.4 is 0 Å². The molecule has 0 bridgehead atoms. The van der Waals surface area contributed by atoms with Crippen LogP contribution in [-0.2, 0) is 6.42 Å². The van der Waals surface area contributed by atoms with Gasteiger partial charge in [-0.05, 0) is 50.2 Å². The fourth-order valence-electron chi connectivity index (χ4n) is 3.23. The Hall–Kier alpha value is -0.890. The topological polar surface area (TPSA) is 16.1 Å². The summed E-state index contributed by atoms with van der Waals surface area (Å²) in [4.78, 5) is 6.91. The van der Waals surface area contributed by atoms with E-state index in [1.807, 2.05) is 18.5 Å². The number of hydrogen-bond acceptors (Lipinski definition) is 2. The summed E-state index contributed by atoms with van der Waals surface area (Å²) in [6.45, 7) is 10.6. The van der Waals surface area contributed by atoms with Gasteiger partial charge in [0.2, 0.25) is 0 Å². The van der Waals surface area contributed by atoms with E-state index in [0.717, 1.165) is 17.9 Å². The van der Waals surface area contributed by atoms with Gasteiger partial charge in [-0.1, -0.05) is 19.9 Å². The van der Waals surface area contributed by atoms with Crippen molar-refractivity contribution in [1.29, 1.82) is 0 Å². The molecule has 1 aromatic rings. The molecule has 18 heavy (non-hydrogen) atoms. The Morgan fingerprint density at radius 2 is 2.11 bits per heavy atom. The Kier molecular flexibility index (Phi) is 4.39.